The molecule has 0 amide bonds. The third-order valence-corrected chi connectivity index (χ3v) is 12.8. The van der Waals surface area contributed by atoms with E-state index in [1.807, 2.05) is 6.08 Å². The van der Waals surface area contributed by atoms with Crippen LogP contribution in [0.25, 0.3) is 0 Å². The van der Waals surface area contributed by atoms with Crippen molar-refractivity contribution in [3.05, 3.63) is 97.2 Å². The van der Waals surface area contributed by atoms with Crippen LogP contribution in [0, 0.1) is 0 Å². The molecule has 0 aliphatic rings. The zero-order chi connectivity index (χ0) is 52.2. The van der Waals surface area contributed by atoms with Gasteiger partial charge in [-0.15, -0.1) is 0 Å². The van der Waals surface area contributed by atoms with Gasteiger partial charge in [0.15, 0.2) is 6.10 Å². The van der Waals surface area contributed by atoms with Crippen LogP contribution in [0.2, 0.25) is 0 Å². The molecule has 0 aliphatic carbocycles. The SMILES string of the molecule is CC/C=C\C/C=C\C/C=C\C/C=C\C/C=C\C/C=C\CCC(=O)OCC(COC(=O)CCCCCCCCC/C=C\CCCCCCCC)OC(=O)CCCCCCC/C=C\CCCCCCCCCCC. The number of esters is 3. The maximum absolute atomic E-state index is 12.9. The summed E-state index contributed by atoms with van der Waals surface area (Å²) in [5.74, 6) is -1.000. The average molecular weight is 1000 g/mol. The minimum Gasteiger partial charge on any atom is -0.462 e. The molecule has 0 rings (SSSR count). The highest BCUT2D eigenvalue weighted by atomic mass is 16.6. The monoisotopic (exact) mass is 1000 g/mol. The van der Waals surface area contributed by atoms with E-state index in [0.29, 0.717) is 19.3 Å². The van der Waals surface area contributed by atoms with Gasteiger partial charge in [0.1, 0.15) is 13.2 Å². The number of carbonyl (C=O) groups is 3. The van der Waals surface area contributed by atoms with E-state index < -0.39 is 6.10 Å². The second-order valence-corrected chi connectivity index (χ2v) is 19.9. The first kappa shape index (κ1) is 68.3. The largest absolute Gasteiger partial charge is 0.462 e. The summed E-state index contributed by atoms with van der Waals surface area (Å²) in [5, 5.41) is 0. The molecule has 0 aliphatic heterocycles. The average Bonchev–Trinajstić information content (AvgIpc) is 3.38. The minimum absolute atomic E-state index is 0.106. The molecule has 1 unspecified atom stereocenters. The lowest BCUT2D eigenvalue weighted by atomic mass is 10.1. The zero-order valence-corrected chi connectivity index (χ0v) is 47.2. The van der Waals surface area contributed by atoms with E-state index in [4.69, 9.17) is 14.2 Å². The number of hydrogen-bond donors (Lipinski definition) is 0. The highest BCUT2D eigenvalue weighted by Crippen LogP contribution is 2.15. The van der Waals surface area contributed by atoms with Gasteiger partial charge in [-0.3, -0.25) is 14.4 Å². The Bertz CT molecular complexity index is 1430. The Morgan fingerprint density at radius 3 is 0.931 bits per heavy atom. The molecule has 0 N–H and O–H groups in total. The number of hydrogen-bond acceptors (Lipinski definition) is 6. The molecule has 0 aromatic rings. The predicted octanol–water partition coefficient (Wildman–Crippen LogP) is 20.5. The van der Waals surface area contributed by atoms with Crippen LogP contribution < -0.4 is 0 Å². The molecule has 0 aromatic carbocycles. The van der Waals surface area contributed by atoms with Crippen molar-refractivity contribution in [3.63, 3.8) is 0 Å². The third-order valence-electron chi connectivity index (χ3n) is 12.8. The van der Waals surface area contributed by atoms with Gasteiger partial charge in [0.2, 0.25) is 0 Å². The van der Waals surface area contributed by atoms with Crippen molar-refractivity contribution in [1.29, 1.82) is 0 Å². The van der Waals surface area contributed by atoms with Gasteiger partial charge in [-0.25, -0.2) is 0 Å². The second kappa shape index (κ2) is 59.9. The lowest BCUT2D eigenvalue weighted by Gasteiger charge is -2.18. The fraction of sp³-hybridized carbons (Fsp3) is 0.712. The summed E-state index contributed by atoms with van der Waals surface area (Å²) in [4.78, 5) is 38.2. The van der Waals surface area contributed by atoms with E-state index >= 15 is 0 Å². The molecule has 6 nitrogen and oxygen atoms in total. The summed E-state index contributed by atoms with van der Waals surface area (Å²) >= 11 is 0. The molecule has 72 heavy (non-hydrogen) atoms. The van der Waals surface area contributed by atoms with Crippen molar-refractivity contribution in [3.8, 4) is 0 Å². The van der Waals surface area contributed by atoms with E-state index in [-0.39, 0.29) is 37.5 Å². The maximum atomic E-state index is 12.9. The number of carbonyl (C=O) groups excluding carboxylic acids is 3. The normalized spacial score (nSPS) is 12.8. The van der Waals surface area contributed by atoms with Gasteiger partial charge in [0.25, 0.3) is 0 Å². The Morgan fingerprint density at radius 1 is 0.292 bits per heavy atom. The molecule has 6 heteroatoms. The molecule has 0 spiro atoms. The van der Waals surface area contributed by atoms with Crippen molar-refractivity contribution in [2.24, 2.45) is 0 Å². The molecule has 0 saturated heterocycles. The van der Waals surface area contributed by atoms with Gasteiger partial charge >= 0.3 is 17.9 Å². The number of rotatable bonds is 54. The molecule has 412 valence electrons. The fourth-order valence-corrected chi connectivity index (χ4v) is 8.28. The molecule has 0 heterocycles. The summed E-state index contributed by atoms with van der Waals surface area (Å²) in [5.41, 5.74) is 0. The van der Waals surface area contributed by atoms with Crippen molar-refractivity contribution in [1.82, 2.24) is 0 Å². The quantitative estimate of drug-likeness (QED) is 0.0261. The van der Waals surface area contributed by atoms with Crippen molar-refractivity contribution < 1.29 is 28.6 Å². The van der Waals surface area contributed by atoms with Crippen LogP contribution in [-0.2, 0) is 28.6 Å². The predicted molar refractivity (Wildman–Crippen MR) is 311 cm³/mol. The van der Waals surface area contributed by atoms with E-state index in [1.54, 1.807) is 0 Å². The second-order valence-electron chi connectivity index (χ2n) is 19.9. The molecular weight excluding hydrogens is 889 g/mol. The summed E-state index contributed by atoms with van der Waals surface area (Å²) in [6.45, 7) is 6.47. The van der Waals surface area contributed by atoms with Crippen LogP contribution in [0.4, 0.5) is 0 Å². The molecule has 1 atom stereocenters. The lowest BCUT2D eigenvalue weighted by Crippen LogP contribution is -2.30. The molecular formula is C66H112O6. The third kappa shape index (κ3) is 57.2. The molecule has 0 radical (unpaired) electrons. The van der Waals surface area contributed by atoms with Crippen LogP contribution in [0.3, 0.4) is 0 Å². The van der Waals surface area contributed by atoms with Crippen molar-refractivity contribution in [2.45, 2.75) is 290 Å². The maximum Gasteiger partial charge on any atom is 0.306 e. The van der Waals surface area contributed by atoms with Gasteiger partial charge in [-0.1, -0.05) is 253 Å². The minimum atomic E-state index is -0.816. The van der Waals surface area contributed by atoms with Gasteiger partial charge in [0.05, 0.1) is 0 Å². The first-order chi connectivity index (χ1) is 35.5. The highest BCUT2D eigenvalue weighted by molar-refractivity contribution is 5.71. The van der Waals surface area contributed by atoms with E-state index in [2.05, 4.69) is 112 Å². The molecule has 0 fully saturated rings. The number of ether oxygens (including phenoxy) is 3. The van der Waals surface area contributed by atoms with Gasteiger partial charge in [-0.05, 0) is 109 Å². The number of allylic oxidation sites excluding steroid dienone is 16. The lowest BCUT2D eigenvalue weighted by molar-refractivity contribution is -0.166. The van der Waals surface area contributed by atoms with Crippen molar-refractivity contribution in [2.75, 3.05) is 13.2 Å². The van der Waals surface area contributed by atoms with E-state index in [1.165, 1.54) is 148 Å². The van der Waals surface area contributed by atoms with Gasteiger partial charge in [-0.2, -0.15) is 0 Å². The Morgan fingerprint density at radius 2 is 0.569 bits per heavy atom. The van der Waals surface area contributed by atoms with Crippen LogP contribution in [0.15, 0.2) is 97.2 Å². The summed E-state index contributed by atoms with van der Waals surface area (Å²) in [6.07, 6.45) is 79.8. The summed E-state index contributed by atoms with van der Waals surface area (Å²) in [7, 11) is 0. The first-order valence-electron chi connectivity index (χ1n) is 30.2. The van der Waals surface area contributed by atoms with Crippen LogP contribution in [0.5, 0.6) is 0 Å². The van der Waals surface area contributed by atoms with Crippen LogP contribution in [-0.4, -0.2) is 37.2 Å². The summed E-state index contributed by atoms with van der Waals surface area (Å²) in [6, 6.07) is 0. The molecule has 0 saturated carbocycles. The Hall–Kier alpha value is -3.67. The number of unbranched alkanes of at least 4 members (excludes halogenated alkanes) is 27. The van der Waals surface area contributed by atoms with Crippen LogP contribution in [0.1, 0.15) is 284 Å². The molecule has 0 aromatic heterocycles. The standard InChI is InChI=1S/C66H112O6/c1-4-7-10-13-16-19-22-25-28-31-33-36-38-41-44-47-50-53-56-59-65(68)71-62-63(61-70-64(67)58-55-52-49-46-43-40-37-34-30-27-24-21-18-15-12-9-6-3)72-66(69)60-57-54-51-48-45-42-39-35-32-29-26-23-20-17-14-11-8-5-2/h7,10,16,19,25,27-28,30,33,35-36,39,41,44,50,53,63H,4-6,8-9,11-15,17-18,20-24,26,29,31-32,34,37-38,40,42-43,45-49,51-52,54-62H2,1-3H3/b10-7-,19-16-,28-25-,30-27-,36-33-,39-35-,44-41-,53-50-. The molecule has 0 bridgehead atoms. The van der Waals surface area contributed by atoms with E-state index in [0.717, 1.165) is 89.9 Å². The van der Waals surface area contributed by atoms with Gasteiger partial charge < -0.3 is 14.2 Å². The van der Waals surface area contributed by atoms with E-state index in [9.17, 15) is 14.4 Å². The zero-order valence-electron chi connectivity index (χ0n) is 47.2. The Balaban J connectivity index is 4.51. The highest BCUT2D eigenvalue weighted by Gasteiger charge is 2.19. The Labute approximate surface area is 445 Å². The first-order valence-corrected chi connectivity index (χ1v) is 30.2. The summed E-state index contributed by atoms with van der Waals surface area (Å²) < 4.78 is 16.8. The van der Waals surface area contributed by atoms with Crippen LogP contribution >= 0.6 is 0 Å². The topological polar surface area (TPSA) is 78.9 Å². The fourth-order valence-electron chi connectivity index (χ4n) is 8.28. The smallest absolute Gasteiger partial charge is 0.306 e. The van der Waals surface area contributed by atoms with Crippen molar-refractivity contribution >= 4 is 17.9 Å². The Kier molecular flexibility index (Phi) is 56.8. The van der Waals surface area contributed by atoms with Gasteiger partial charge in [0, 0.05) is 19.3 Å².